The highest BCUT2D eigenvalue weighted by Crippen LogP contribution is 2.41. The van der Waals surface area contributed by atoms with Gasteiger partial charge in [-0.1, -0.05) is 49.7 Å². The number of ketones is 1. The summed E-state index contributed by atoms with van der Waals surface area (Å²) < 4.78 is 85.7. The van der Waals surface area contributed by atoms with Gasteiger partial charge in [0.15, 0.2) is 5.78 Å². The van der Waals surface area contributed by atoms with Gasteiger partial charge in [0.1, 0.15) is 5.92 Å². The summed E-state index contributed by atoms with van der Waals surface area (Å²) in [5, 5.41) is 0. The molecule has 0 amide bonds. The highest BCUT2D eigenvalue weighted by molar-refractivity contribution is 6.14. The number of hydrogen-bond donors (Lipinski definition) is 0. The Balaban J connectivity index is 2.67. The highest BCUT2D eigenvalue weighted by Gasteiger charge is 2.45. The Hall–Kier alpha value is -2.84. The smallest absolute Gasteiger partial charge is 0.417 e. The van der Waals surface area contributed by atoms with E-state index in [1.165, 1.54) is 30.3 Å². The molecule has 0 saturated carbocycles. The van der Waals surface area contributed by atoms with E-state index in [-0.39, 0.29) is 12.2 Å². The molecule has 2 rings (SSSR count). The van der Waals surface area contributed by atoms with Gasteiger partial charge in [0.05, 0.1) is 17.7 Å². The van der Waals surface area contributed by atoms with Crippen molar-refractivity contribution in [1.29, 1.82) is 0 Å². The summed E-state index contributed by atoms with van der Waals surface area (Å²) in [5.74, 6) is -4.79. The van der Waals surface area contributed by atoms with Gasteiger partial charge < -0.3 is 4.74 Å². The summed E-state index contributed by atoms with van der Waals surface area (Å²) in [5.41, 5.74) is -5.18. The van der Waals surface area contributed by atoms with Crippen LogP contribution >= 0.6 is 0 Å². The Labute approximate surface area is 168 Å². The summed E-state index contributed by atoms with van der Waals surface area (Å²) in [7, 11) is 0. The van der Waals surface area contributed by atoms with Crippen molar-refractivity contribution >= 4 is 11.8 Å². The SMILES string of the molecule is CCCCOC(=O)C(C(=O)c1c(C(F)(F)F)cccc1C(F)(F)F)c1ccccc1. The third-order valence-corrected chi connectivity index (χ3v) is 4.29. The predicted molar refractivity (Wildman–Crippen MR) is 95.8 cm³/mol. The minimum Gasteiger partial charge on any atom is -0.465 e. The Morgan fingerprint density at radius 2 is 1.40 bits per heavy atom. The fourth-order valence-electron chi connectivity index (χ4n) is 2.87. The van der Waals surface area contributed by atoms with E-state index in [1.54, 1.807) is 6.92 Å². The summed E-state index contributed by atoms with van der Waals surface area (Å²) >= 11 is 0. The molecule has 0 aromatic heterocycles. The number of carbonyl (C=O) groups excluding carboxylic acids is 2. The van der Waals surface area contributed by atoms with Crippen LogP contribution in [-0.2, 0) is 21.9 Å². The van der Waals surface area contributed by atoms with Crippen molar-refractivity contribution in [3.05, 3.63) is 70.8 Å². The number of esters is 1. The molecule has 3 nitrogen and oxygen atoms in total. The van der Waals surface area contributed by atoms with Crippen LogP contribution in [0.15, 0.2) is 48.5 Å². The minimum atomic E-state index is -5.24. The molecular weight excluding hydrogens is 414 g/mol. The van der Waals surface area contributed by atoms with Crippen molar-refractivity contribution in [1.82, 2.24) is 0 Å². The molecule has 0 N–H and O–H groups in total. The molecule has 1 unspecified atom stereocenters. The number of benzene rings is 2. The number of rotatable bonds is 7. The molecule has 0 aliphatic carbocycles. The fourth-order valence-corrected chi connectivity index (χ4v) is 2.87. The molecular formula is C21H18F6O3. The average molecular weight is 432 g/mol. The van der Waals surface area contributed by atoms with Crippen molar-refractivity contribution in [2.75, 3.05) is 6.61 Å². The molecule has 0 bridgehead atoms. The number of halogens is 6. The first-order valence-electron chi connectivity index (χ1n) is 9.01. The molecule has 2 aromatic rings. The van der Waals surface area contributed by atoms with Gasteiger partial charge in [-0.05, 0) is 24.1 Å². The molecule has 0 fully saturated rings. The molecule has 0 heterocycles. The van der Waals surface area contributed by atoms with Gasteiger partial charge in [0.2, 0.25) is 0 Å². The van der Waals surface area contributed by atoms with Crippen LogP contribution in [0.3, 0.4) is 0 Å². The Morgan fingerprint density at radius 1 is 0.867 bits per heavy atom. The molecule has 0 aliphatic rings. The van der Waals surface area contributed by atoms with E-state index >= 15 is 0 Å². The van der Waals surface area contributed by atoms with Gasteiger partial charge in [-0.15, -0.1) is 0 Å². The van der Waals surface area contributed by atoms with E-state index in [0.717, 1.165) is 0 Å². The Bertz CT molecular complexity index is 856. The van der Waals surface area contributed by atoms with E-state index in [4.69, 9.17) is 4.74 Å². The maximum Gasteiger partial charge on any atom is 0.417 e. The quantitative estimate of drug-likeness (QED) is 0.176. The van der Waals surface area contributed by atoms with Gasteiger partial charge >= 0.3 is 18.3 Å². The summed E-state index contributed by atoms with van der Waals surface area (Å²) in [6.45, 7) is 1.68. The molecule has 1 atom stereocenters. The Morgan fingerprint density at radius 3 is 1.87 bits per heavy atom. The summed E-state index contributed by atoms with van der Waals surface area (Å²) in [6.07, 6.45) is -9.42. The van der Waals surface area contributed by atoms with Gasteiger partial charge in [-0.2, -0.15) is 26.3 Å². The normalized spacial score (nSPS) is 13.0. The lowest BCUT2D eigenvalue weighted by molar-refractivity contribution is -0.146. The zero-order chi connectivity index (χ0) is 22.5. The lowest BCUT2D eigenvalue weighted by Crippen LogP contribution is -2.29. The van der Waals surface area contributed by atoms with Gasteiger partial charge in [-0.3, -0.25) is 9.59 Å². The highest BCUT2D eigenvalue weighted by atomic mass is 19.4. The monoisotopic (exact) mass is 432 g/mol. The molecule has 0 spiro atoms. The fraction of sp³-hybridized carbons (Fsp3) is 0.333. The third kappa shape index (κ3) is 5.40. The number of carbonyl (C=O) groups is 2. The standard InChI is InChI=1S/C21H18F6O3/c1-2-3-12-30-19(29)16(13-8-5-4-6-9-13)18(28)17-14(20(22,23)24)10-7-11-15(17)21(25,26)27/h4-11,16H,2-3,12H2,1H3. The summed E-state index contributed by atoms with van der Waals surface area (Å²) in [6, 6.07) is 8.22. The zero-order valence-electron chi connectivity index (χ0n) is 15.8. The third-order valence-electron chi connectivity index (χ3n) is 4.29. The maximum atomic E-state index is 13.5. The number of hydrogen-bond acceptors (Lipinski definition) is 3. The van der Waals surface area contributed by atoms with Crippen LogP contribution in [0.1, 0.15) is 52.7 Å². The van der Waals surface area contributed by atoms with E-state index in [9.17, 15) is 35.9 Å². The van der Waals surface area contributed by atoms with Crippen LogP contribution in [0.5, 0.6) is 0 Å². The van der Waals surface area contributed by atoms with Gasteiger partial charge in [0, 0.05) is 5.56 Å². The molecule has 2 aromatic carbocycles. The lowest BCUT2D eigenvalue weighted by Gasteiger charge is -2.21. The molecule has 0 saturated heterocycles. The lowest BCUT2D eigenvalue weighted by atomic mass is 9.85. The van der Waals surface area contributed by atoms with Gasteiger partial charge in [-0.25, -0.2) is 0 Å². The van der Waals surface area contributed by atoms with Crippen molar-refractivity contribution in [2.45, 2.75) is 38.0 Å². The maximum absolute atomic E-state index is 13.5. The minimum absolute atomic E-state index is 0.0610. The summed E-state index contributed by atoms with van der Waals surface area (Å²) in [4.78, 5) is 25.6. The van der Waals surface area contributed by atoms with Crippen molar-refractivity contribution in [3.8, 4) is 0 Å². The first-order chi connectivity index (χ1) is 14.0. The first-order valence-corrected chi connectivity index (χ1v) is 9.01. The number of ether oxygens (including phenoxy) is 1. The van der Waals surface area contributed by atoms with Crippen molar-refractivity contribution < 1.29 is 40.7 Å². The molecule has 0 aliphatic heterocycles. The van der Waals surface area contributed by atoms with Crippen LogP contribution in [0.4, 0.5) is 26.3 Å². The van der Waals surface area contributed by atoms with E-state index < -0.39 is 46.7 Å². The Kier molecular flexibility index (Phi) is 7.28. The van der Waals surface area contributed by atoms with Crippen LogP contribution in [0.25, 0.3) is 0 Å². The zero-order valence-corrected chi connectivity index (χ0v) is 15.8. The number of alkyl halides is 6. The van der Waals surface area contributed by atoms with Crippen LogP contribution in [0, 0.1) is 0 Å². The number of Topliss-reactive ketones (excluding diaryl/α,β-unsaturated/α-hetero) is 1. The largest absolute Gasteiger partial charge is 0.465 e. The molecule has 30 heavy (non-hydrogen) atoms. The van der Waals surface area contributed by atoms with E-state index in [0.29, 0.717) is 31.0 Å². The molecule has 0 radical (unpaired) electrons. The van der Waals surface area contributed by atoms with Crippen molar-refractivity contribution in [3.63, 3.8) is 0 Å². The second kappa shape index (κ2) is 9.32. The second-order valence-electron chi connectivity index (χ2n) is 6.45. The van der Waals surface area contributed by atoms with E-state index in [2.05, 4.69) is 0 Å². The van der Waals surface area contributed by atoms with Crippen molar-refractivity contribution in [2.24, 2.45) is 0 Å². The average Bonchev–Trinajstić information content (AvgIpc) is 2.67. The second-order valence-corrected chi connectivity index (χ2v) is 6.45. The van der Waals surface area contributed by atoms with Crippen LogP contribution < -0.4 is 0 Å². The first kappa shape index (κ1) is 23.4. The topological polar surface area (TPSA) is 43.4 Å². The number of unbranched alkanes of at least 4 members (excludes halogenated alkanes) is 1. The van der Waals surface area contributed by atoms with Crippen LogP contribution in [-0.4, -0.2) is 18.4 Å². The predicted octanol–water partition coefficient (Wildman–Crippen LogP) is 6.03. The van der Waals surface area contributed by atoms with E-state index in [1.807, 2.05) is 0 Å². The van der Waals surface area contributed by atoms with Gasteiger partial charge in [0.25, 0.3) is 0 Å². The molecule has 9 heteroatoms. The molecule has 162 valence electrons. The van der Waals surface area contributed by atoms with Crippen LogP contribution in [0.2, 0.25) is 0 Å².